The van der Waals surface area contributed by atoms with E-state index >= 15 is 0 Å². The van der Waals surface area contributed by atoms with Crippen LogP contribution in [0.2, 0.25) is 0 Å². The first-order valence-corrected chi connectivity index (χ1v) is 11.5. The van der Waals surface area contributed by atoms with Gasteiger partial charge < -0.3 is 25.0 Å². The molecule has 0 bridgehead atoms. The Morgan fingerprint density at radius 3 is 2.58 bits per heavy atom. The summed E-state index contributed by atoms with van der Waals surface area (Å²) in [6.45, 7) is 4.48. The molecule has 1 aliphatic heterocycles. The molecule has 2 aromatic heterocycles. The Morgan fingerprint density at radius 1 is 1.17 bits per heavy atom. The molecule has 2 atom stereocenters. The molecule has 36 heavy (non-hydrogen) atoms. The first-order chi connectivity index (χ1) is 17.2. The van der Waals surface area contributed by atoms with Crippen molar-refractivity contribution in [2.75, 3.05) is 13.1 Å². The van der Waals surface area contributed by atoms with Gasteiger partial charge in [0, 0.05) is 30.8 Å². The molecule has 12 heteroatoms. The summed E-state index contributed by atoms with van der Waals surface area (Å²) in [5, 5.41) is 8.95. The molecule has 0 spiro atoms. The molecule has 1 saturated heterocycles. The number of aromatic amines is 1. The van der Waals surface area contributed by atoms with Crippen LogP contribution in [0.4, 0.5) is 8.78 Å². The number of nitrogens with one attached hydrogen (secondary N) is 3. The number of halogens is 2. The third kappa shape index (κ3) is 5.75. The lowest BCUT2D eigenvalue weighted by atomic mass is 10.1. The number of benzene rings is 1. The van der Waals surface area contributed by atoms with E-state index in [4.69, 9.17) is 4.52 Å². The minimum Gasteiger partial charge on any atom is -0.361 e. The fraction of sp³-hybridized carbons (Fsp3) is 0.375. The predicted octanol–water partition coefficient (Wildman–Crippen LogP) is 2.64. The van der Waals surface area contributed by atoms with Gasteiger partial charge in [0.2, 0.25) is 11.8 Å². The van der Waals surface area contributed by atoms with E-state index in [1.165, 1.54) is 18.3 Å². The van der Waals surface area contributed by atoms with Crippen molar-refractivity contribution in [1.29, 1.82) is 0 Å². The molecule has 3 amide bonds. The molecule has 1 aromatic carbocycles. The molecule has 3 N–H and O–H groups in total. The highest BCUT2D eigenvalue weighted by Gasteiger charge is 2.30. The van der Waals surface area contributed by atoms with E-state index in [1.807, 2.05) is 0 Å². The van der Waals surface area contributed by atoms with Crippen LogP contribution in [0, 0.1) is 18.6 Å². The fourth-order valence-electron chi connectivity index (χ4n) is 3.97. The van der Waals surface area contributed by atoms with Gasteiger partial charge >= 0.3 is 0 Å². The average Bonchev–Trinajstić information content (AvgIpc) is 3.60. The maximum atomic E-state index is 14.1. The van der Waals surface area contributed by atoms with Crippen LogP contribution in [0.1, 0.15) is 54.3 Å². The number of aromatic nitrogens is 3. The largest absolute Gasteiger partial charge is 0.361 e. The molecular weight excluding hydrogens is 474 g/mol. The summed E-state index contributed by atoms with van der Waals surface area (Å²) in [6.07, 6.45) is 2.92. The topological polar surface area (TPSA) is 133 Å². The molecule has 0 saturated carbocycles. The minimum atomic E-state index is -1.17. The van der Waals surface area contributed by atoms with Crippen LogP contribution in [0.15, 0.2) is 35.0 Å². The lowest BCUT2D eigenvalue weighted by Gasteiger charge is -2.22. The van der Waals surface area contributed by atoms with E-state index in [0.29, 0.717) is 30.4 Å². The molecule has 0 radical (unpaired) electrons. The van der Waals surface area contributed by atoms with Crippen LogP contribution in [-0.2, 0) is 9.59 Å². The van der Waals surface area contributed by atoms with E-state index in [-0.39, 0.29) is 23.6 Å². The summed E-state index contributed by atoms with van der Waals surface area (Å²) < 4.78 is 32.3. The molecule has 190 valence electrons. The third-order valence-electron chi connectivity index (χ3n) is 5.91. The average molecular weight is 501 g/mol. The van der Waals surface area contributed by atoms with E-state index in [0.717, 1.165) is 25.0 Å². The highest BCUT2D eigenvalue weighted by molar-refractivity contribution is 5.97. The number of carbonyl (C=O) groups excluding carboxylic acids is 3. The van der Waals surface area contributed by atoms with Gasteiger partial charge in [-0.3, -0.25) is 14.4 Å². The molecule has 10 nitrogen and oxygen atoms in total. The van der Waals surface area contributed by atoms with E-state index in [9.17, 15) is 23.2 Å². The molecule has 0 unspecified atom stereocenters. The number of hydrogen-bond donors (Lipinski definition) is 3. The zero-order chi connectivity index (χ0) is 25.8. The lowest BCUT2D eigenvalue weighted by Crippen LogP contribution is -2.50. The van der Waals surface area contributed by atoms with Gasteiger partial charge in [-0.2, -0.15) is 0 Å². The van der Waals surface area contributed by atoms with Crippen molar-refractivity contribution in [2.45, 2.75) is 45.2 Å². The number of likely N-dealkylation sites (tertiary alicyclic amines) is 1. The van der Waals surface area contributed by atoms with Crippen LogP contribution in [0.3, 0.4) is 0 Å². The molecule has 3 heterocycles. The van der Waals surface area contributed by atoms with Gasteiger partial charge in [0.05, 0.1) is 24.4 Å². The summed E-state index contributed by atoms with van der Waals surface area (Å²) in [6, 6.07) is 2.76. The zero-order valence-electron chi connectivity index (χ0n) is 19.8. The minimum absolute atomic E-state index is 0.0102. The standard InChI is InChI=1S/C24H26F2N6O4/c1-13-9-19(31-36-13)24(35)30-18(11-21(33)32-7-3-4-8-32)23(34)28-14(2)22-27-12-20(29-22)16-6-5-15(25)10-17(16)26/h5-6,9-10,12,14,18H,3-4,7-8,11H2,1-2H3,(H,27,29)(H,28,34)(H,30,35)/t14-,18-/m0/s1. The normalized spacial score (nSPS) is 14.9. The Balaban J connectivity index is 1.47. The van der Waals surface area contributed by atoms with Gasteiger partial charge in [-0.05, 0) is 38.8 Å². The molecule has 1 fully saturated rings. The third-order valence-corrected chi connectivity index (χ3v) is 5.91. The van der Waals surface area contributed by atoms with Crippen molar-refractivity contribution in [2.24, 2.45) is 0 Å². The van der Waals surface area contributed by atoms with Crippen molar-refractivity contribution in [1.82, 2.24) is 30.7 Å². The summed E-state index contributed by atoms with van der Waals surface area (Å²) >= 11 is 0. The second-order valence-electron chi connectivity index (χ2n) is 8.68. The Labute approximate surface area is 205 Å². The van der Waals surface area contributed by atoms with Crippen LogP contribution in [-0.4, -0.2) is 56.9 Å². The highest BCUT2D eigenvalue weighted by atomic mass is 19.1. The predicted molar refractivity (Wildman–Crippen MR) is 123 cm³/mol. The maximum absolute atomic E-state index is 14.1. The van der Waals surface area contributed by atoms with Crippen molar-refractivity contribution < 1.29 is 27.7 Å². The van der Waals surface area contributed by atoms with E-state index in [2.05, 4.69) is 25.8 Å². The van der Waals surface area contributed by atoms with Gasteiger partial charge in [0.25, 0.3) is 5.91 Å². The molecule has 3 aromatic rings. The number of hydrogen-bond acceptors (Lipinski definition) is 6. The Bertz CT molecular complexity index is 1270. The number of H-pyrrole nitrogens is 1. The zero-order valence-corrected chi connectivity index (χ0v) is 19.8. The van der Waals surface area contributed by atoms with E-state index in [1.54, 1.807) is 18.7 Å². The maximum Gasteiger partial charge on any atom is 0.274 e. The summed E-state index contributed by atoms with van der Waals surface area (Å²) in [7, 11) is 0. The number of carbonyl (C=O) groups is 3. The van der Waals surface area contributed by atoms with Crippen LogP contribution < -0.4 is 10.6 Å². The first kappa shape index (κ1) is 25.0. The van der Waals surface area contributed by atoms with Crippen LogP contribution in [0.25, 0.3) is 11.3 Å². The molecular formula is C24H26F2N6O4. The Hall–Kier alpha value is -4.09. The molecule has 0 aliphatic carbocycles. The first-order valence-electron chi connectivity index (χ1n) is 11.5. The SMILES string of the molecule is Cc1cc(C(=O)N[C@@H](CC(=O)N2CCCC2)C(=O)N[C@@H](C)c2ncc(-c3ccc(F)cc3F)[nH]2)no1. The smallest absolute Gasteiger partial charge is 0.274 e. The second kappa shape index (κ2) is 10.7. The van der Waals surface area contributed by atoms with E-state index < -0.39 is 35.5 Å². The second-order valence-corrected chi connectivity index (χ2v) is 8.68. The monoisotopic (exact) mass is 500 g/mol. The lowest BCUT2D eigenvalue weighted by molar-refractivity contribution is -0.134. The number of imidazole rings is 1. The van der Waals surface area contributed by atoms with Gasteiger partial charge in [0.1, 0.15) is 29.3 Å². The van der Waals surface area contributed by atoms with Crippen LogP contribution >= 0.6 is 0 Å². The number of aryl methyl sites for hydroxylation is 1. The van der Waals surface area contributed by atoms with Gasteiger partial charge in [-0.15, -0.1) is 0 Å². The van der Waals surface area contributed by atoms with Crippen molar-refractivity contribution in [3.8, 4) is 11.3 Å². The Kier molecular flexibility index (Phi) is 7.41. The molecule has 1 aliphatic rings. The fourth-order valence-corrected chi connectivity index (χ4v) is 3.97. The quantitative estimate of drug-likeness (QED) is 0.436. The van der Waals surface area contributed by atoms with Gasteiger partial charge in [-0.25, -0.2) is 13.8 Å². The van der Waals surface area contributed by atoms with Crippen molar-refractivity contribution in [3.63, 3.8) is 0 Å². The van der Waals surface area contributed by atoms with Crippen molar-refractivity contribution in [3.05, 3.63) is 59.4 Å². The van der Waals surface area contributed by atoms with Crippen LogP contribution in [0.5, 0.6) is 0 Å². The highest BCUT2D eigenvalue weighted by Crippen LogP contribution is 2.23. The Morgan fingerprint density at radius 2 is 1.92 bits per heavy atom. The summed E-state index contributed by atoms with van der Waals surface area (Å²) in [4.78, 5) is 47.3. The summed E-state index contributed by atoms with van der Waals surface area (Å²) in [5.74, 6) is -2.22. The van der Waals surface area contributed by atoms with Crippen molar-refractivity contribution >= 4 is 17.7 Å². The number of rotatable bonds is 8. The van der Waals surface area contributed by atoms with Gasteiger partial charge in [-0.1, -0.05) is 5.16 Å². The number of nitrogens with zero attached hydrogens (tertiary/aromatic N) is 3. The molecule has 4 rings (SSSR count). The van der Waals surface area contributed by atoms with Gasteiger partial charge in [0.15, 0.2) is 5.69 Å². The summed E-state index contributed by atoms with van der Waals surface area (Å²) in [5.41, 5.74) is 0.418. The number of amides is 3.